The molecule has 2 aromatic heterocycles. The fraction of sp³-hybridized carbons (Fsp3) is 0.136. The Morgan fingerprint density at radius 1 is 1.07 bits per heavy atom. The Labute approximate surface area is 170 Å². The van der Waals surface area contributed by atoms with Crippen LogP contribution in [0.4, 0.5) is 0 Å². The van der Waals surface area contributed by atoms with Crippen LogP contribution in [0.1, 0.15) is 34.8 Å². The van der Waals surface area contributed by atoms with Crippen molar-refractivity contribution in [1.82, 2.24) is 14.6 Å². The molecule has 0 amide bonds. The molecule has 1 fully saturated rings. The molecule has 5 rings (SSSR count). The van der Waals surface area contributed by atoms with Crippen LogP contribution in [0.25, 0.3) is 28.0 Å². The summed E-state index contributed by atoms with van der Waals surface area (Å²) < 4.78 is 1.41. The van der Waals surface area contributed by atoms with Crippen LogP contribution in [0.15, 0.2) is 59.4 Å². The Bertz CT molecular complexity index is 1300. The lowest BCUT2D eigenvalue weighted by atomic mass is 10.0. The van der Waals surface area contributed by atoms with Crippen LogP contribution >= 0.6 is 11.6 Å². The zero-order chi connectivity index (χ0) is 20.1. The number of carboxylic acid groups (broad SMARTS) is 1. The topological polar surface area (TPSA) is 87.5 Å². The first-order chi connectivity index (χ1) is 14.0. The Morgan fingerprint density at radius 3 is 2.34 bits per heavy atom. The van der Waals surface area contributed by atoms with Crippen molar-refractivity contribution in [3.63, 3.8) is 0 Å². The van der Waals surface area contributed by atoms with Gasteiger partial charge >= 0.3 is 5.97 Å². The van der Waals surface area contributed by atoms with E-state index in [1.807, 2.05) is 24.3 Å². The Hall–Kier alpha value is -3.38. The number of benzene rings is 2. The fourth-order valence-corrected chi connectivity index (χ4v) is 3.68. The van der Waals surface area contributed by atoms with Crippen LogP contribution in [-0.2, 0) is 0 Å². The van der Waals surface area contributed by atoms with Crippen LogP contribution in [-0.4, -0.2) is 25.7 Å². The molecule has 2 N–H and O–H groups in total. The number of carboxylic acids is 1. The first-order valence-electron chi connectivity index (χ1n) is 9.27. The number of aromatic carboxylic acids is 1. The minimum absolute atomic E-state index is 0.194. The van der Waals surface area contributed by atoms with Crippen molar-refractivity contribution in [3.8, 4) is 22.4 Å². The van der Waals surface area contributed by atoms with E-state index in [0.29, 0.717) is 22.3 Å². The van der Waals surface area contributed by atoms with Gasteiger partial charge in [-0.25, -0.2) is 4.79 Å². The number of fused-ring (bicyclic) bond motifs is 1. The van der Waals surface area contributed by atoms with Gasteiger partial charge in [-0.15, -0.1) is 0 Å². The molecule has 1 saturated carbocycles. The van der Waals surface area contributed by atoms with Crippen molar-refractivity contribution in [2.45, 2.75) is 18.8 Å². The summed E-state index contributed by atoms with van der Waals surface area (Å²) in [6, 6.07) is 15.4. The summed E-state index contributed by atoms with van der Waals surface area (Å²) in [6.07, 6.45) is 2.12. The van der Waals surface area contributed by atoms with Gasteiger partial charge in [0.15, 0.2) is 0 Å². The molecule has 0 aliphatic heterocycles. The Balaban J connectivity index is 1.73. The summed E-state index contributed by atoms with van der Waals surface area (Å²) >= 11 is 6.05. The van der Waals surface area contributed by atoms with E-state index in [-0.39, 0.29) is 11.1 Å². The highest BCUT2D eigenvalue weighted by Crippen LogP contribution is 2.45. The highest BCUT2D eigenvalue weighted by molar-refractivity contribution is 6.30. The summed E-state index contributed by atoms with van der Waals surface area (Å²) in [7, 11) is 0. The summed E-state index contributed by atoms with van der Waals surface area (Å²) in [5, 5.41) is 14.3. The van der Waals surface area contributed by atoms with Crippen molar-refractivity contribution in [2.24, 2.45) is 0 Å². The number of nitrogens with one attached hydrogen (secondary N) is 1. The van der Waals surface area contributed by atoms with Crippen molar-refractivity contribution in [1.29, 1.82) is 0 Å². The van der Waals surface area contributed by atoms with E-state index in [0.717, 1.165) is 35.2 Å². The van der Waals surface area contributed by atoms with E-state index in [1.165, 1.54) is 22.7 Å². The van der Waals surface area contributed by atoms with Crippen LogP contribution in [0, 0.1) is 0 Å². The number of aromatic amines is 1. The van der Waals surface area contributed by atoms with Gasteiger partial charge in [0.2, 0.25) is 0 Å². The average molecular weight is 406 g/mol. The van der Waals surface area contributed by atoms with E-state index >= 15 is 0 Å². The summed E-state index contributed by atoms with van der Waals surface area (Å²) in [6.45, 7) is 0. The predicted molar refractivity (Wildman–Crippen MR) is 111 cm³/mol. The SMILES string of the molecule is O=C(O)c1ccc(-c2cc(=O)n3nc(C4CC4)c(-c4ccc(Cl)cc4)c3[nH]2)cc1. The van der Waals surface area contributed by atoms with E-state index in [1.54, 1.807) is 12.1 Å². The molecular weight excluding hydrogens is 390 g/mol. The molecule has 1 aliphatic rings. The second-order valence-electron chi connectivity index (χ2n) is 7.21. The predicted octanol–water partition coefficient (Wildman–Crippen LogP) is 4.59. The lowest BCUT2D eigenvalue weighted by Gasteiger charge is -2.06. The second-order valence-corrected chi connectivity index (χ2v) is 7.64. The minimum Gasteiger partial charge on any atom is -0.478 e. The Kier molecular flexibility index (Phi) is 4.03. The third kappa shape index (κ3) is 3.11. The molecule has 0 atom stereocenters. The summed E-state index contributed by atoms with van der Waals surface area (Å²) in [4.78, 5) is 27.2. The standard InChI is InChI=1S/C22H16ClN3O3/c23-16-9-7-13(8-10-16)19-20(14-3-4-14)25-26-18(27)11-17(24-21(19)26)12-1-5-15(6-2-12)22(28)29/h1-2,5-11,14,24H,3-4H2,(H,28,29). The molecule has 7 heteroatoms. The van der Waals surface area contributed by atoms with Crippen LogP contribution in [0.2, 0.25) is 5.02 Å². The third-order valence-corrected chi connectivity index (χ3v) is 5.43. The van der Waals surface area contributed by atoms with Gasteiger partial charge in [0, 0.05) is 22.6 Å². The van der Waals surface area contributed by atoms with Gasteiger partial charge in [-0.2, -0.15) is 9.61 Å². The highest BCUT2D eigenvalue weighted by Gasteiger charge is 2.31. The van der Waals surface area contributed by atoms with E-state index < -0.39 is 5.97 Å². The van der Waals surface area contributed by atoms with E-state index in [4.69, 9.17) is 16.7 Å². The molecular formula is C22H16ClN3O3. The zero-order valence-electron chi connectivity index (χ0n) is 15.2. The molecule has 0 saturated heterocycles. The van der Waals surface area contributed by atoms with Crippen molar-refractivity contribution >= 4 is 23.2 Å². The van der Waals surface area contributed by atoms with E-state index in [2.05, 4.69) is 10.1 Å². The molecule has 2 aromatic carbocycles. The fourth-order valence-electron chi connectivity index (χ4n) is 3.55. The number of rotatable bonds is 4. The maximum absolute atomic E-state index is 12.8. The minimum atomic E-state index is -0.990. The number of carbonyl (C=O) groups is 1. The molecule has 6 nitrogen and oxygen atoms in total. The molecule has 0 spiro atoms. The summed E-state index contributed by atoms with van der Waals surface area (Å²) in [5.74, 6) is -0.637. The maximum Gasteiger partial charge on any atom is 0.335 e. The molecule has 144 valence electrons. The molecule has 0 bridgehead atoms. The molecule has 0 unspecified atom stereocenters. The van der Waals surface area contributed by atoms with Gasteiger partial charge in [0.1, 0.15) is 5.65 Å². The van der Waals surface area contributed by atoms with Crippen molar-refractivity contribution in [2.75, 3.05) is 0 Å². The number of hydrogen-bond donors (Lipinski definition) is 2. The first-order valence-corrected chi connectivity index (χ1v) is 9.64. The highest BCUT2D eigenvalue weighted by atomic mass is 35.5. The van der Waals surface area contributed by atoms with Crippen LogP contribution in [0.3, 0.4) is 0 Å². The van der Waals surface area contributed by atoms with Gasteiger partial charge in [-0.1, -0.05) is 35.9 Å². The van der Waals surface area contributed by atoms with Crippen molar-refractivity contribution < 1.29 is 9.90 Å². The molecule has 0 radical (unpaired) electrons. The number of nitrogens with zero attached hydrogens (tertiary/aromatic N) is 2. The van der Waals surface area contributed by atoms with Gasteiger partial charge in [0.05, 0.1) is 17.0 Å². The van der Waals surface area contributed by atoms with Crippen LogP contribution in [0.5, 0.6) is 0 Å². The van der Waals surface area contributed by atoms with Gasteiger partial charge in [0.25, 0.3) is 5.56 Å². The maximum atomic E-state index is 12.8. The molecule has 4 aromatic rings. The quantitative estimate of drug-likeness (QED) is 0.520. The number of H-pyrrole nitrogens is 1. The largest absolute Gasteiger partial charge is 0.478 e. The average Bonchev–Trinajstić information content (AvgIpc) is 3.49. The first kappa shape index (κ1) is 17.7. The van der Waals surface area contributed by atoms with Gasteiger partial charge in [-0.05, 0) is 48.2 Å². The van der Waals surface area contributed by atoms with Gasteiger partial charge in [-0.3, -0.25) is 4.79 Å². The van der Waals surface area contributed by atoms with Gasteiger partial charge < -0.3 is 10.1 Å². The lowest BCUT2D eigenvalue weighted by molar-refractivity contribution is 0.0697. The van der Waals surface area contributed by atoms with E-state index in [9.17, 15) is 9.59 Å². The number of halogens is 1. The molecule has 1 aliphatic carbocycles. The normalized spacial score (nSPS) is 13.7. The number of aromatic nitrogens is 3. The second kappa shape index (κ2) is 6.60. The summed E-state index contributed by atoms with van der Waals surface area (Å²) in [5.41, 5.74) is 4.68. The number of hydrogen-bond acceptors (Lipinski definition) is 3. The van der Waals surface area contributed by atoms with Crippen molar-refractivity contribution in [3.05, 3.63) is 81.2 Å². The molecule has 2 heterocycles. The molecule has 29 heavy (non-hydrogen) atoms. The third-order valence-electron chi connectivity index (χ3n) is 5.18. The smallest absolute Gasteiger partial charge is 0.335 e. The monoisotopic (exact) mass is 405 g/mol. The van der Waals surface area contributed by atoms with Crippen LogP contribution < -0.4 is 5.56 Å². The lowest BCUT2D eigenvalue weighted by Crippen LogP contribution is -2.14. The Morgan fingerprint density at radius 2 is 1.72 bits per heavy atom. The zero-order valence-corrected chi connectivity index (χ0v) is 16.0.